The molecule has 0 aliphatic carbocycles. The zero-order valence-electron chi connectivity index (χ0n) is 11.5. The summed E-state index contributed by atoms with van der Waals surface area (Å²) in [5.41, 5.74) is -0.634. The predicted molar refractivity (Wildman–Crippen MR) is 74.0 cm³/mol. The molecule has 2 N–H and O–H groups in total. The van der Waals surface area contributed by atoms with Gasteiger partial charge in [-0.25, -0.2) is 13.1 Å². The standard InChI is InChI=1S/C12H18N2O5S/c1-8(2)9(3)7-13-20(18,19)10-4-5-12(15)11(6-10)14(16)17/h4-6,8-9,13,15H,7H2,1-3H3. The van der Waals surface area contributed by atoms with E-state index in [-0.39, 0.29) is 17.4 Å². The Morgan fingerprint density at radius 1 is 1.35 bits per heavy atom. The molecule has 0 bridgehead atoms. The maximum atomic E-state index is 12.0. The van der Waals surface area contributed by atoms with Gasteiger partial charge >= 0.3 is 5.69 Å². The molecule has 0 aromatic heterocycles. The van der Waals surface area contributed by atoms with Gasteiger partial charge in [0.1, 0.15) is 0 Å². The molecule has 20 heavy (non-hydrogen) atoms. The van der Waals surface area contributed by atoms with Gasteiger partial charge in [-0.3, -0.25) is 10.1 Å². The van der Waals surface area contributed by atoms with E-state index in [9.17, 15) is 23.6 Å². The highest BCUT2D eigenvalue weighted by molar-refractivity contribution is 7.89. The van der Waals surface area contributed by atoms with E-state index in [4.69, 9.17) is 0 Å². The maximum Gasteiger partial charge on any atom is 0.312 e. The van der Waals surface area contributed by atoms with Gasteiger partial charge in [-0.15, -0.1) is 0 Å². The lowest BCUT2D eigenvalue weighted by molar-refractivity contribution is -0.386. The van der Waals surface area contributed by atoms with Crippen molar-refractivity contribution in [1.82, 2.24) is 4.72 Å². The van der Waals surface area contributed by atoms with Crippen LogP contribution in [0.2, 0.25) is 0 Å². The molecule has 0 aliphatic heterocycles. The molecule has 1 rings (SSSR count). The number of nitro groups is 1. The van der Waals surface area contributed by atoms with Crippen molar-refractivity contribution >= 4 is 15.7 Å². The molecular weight excluding hydrogens is 284 g/mol. The number of nitrogens with one attached hydrogen (secondary N) is 1. The van der Waals surface area contributed by atoms with Crippen molar-refractivity contribution in [1.29, 1.82) is 0 Å². The van der Waals surface area contributed by atoms with Crippen LogP contribution in [-0.4, -0.2) is 25.0 Å². The minimum atomic E-state index is -3.83. The fraction of sp³-hybridized carbons (Fsp3) is 0.500. The number of phenolic OH excluding ortho intramolecular Hbond substituents is 1. The van der Waals surface area contributed by atoms with Crippen LogP contribution in [0, 0.1) is 22.0 Å². The minimum Gasteiger partial charge on any atom is -0.502 e. The van der Waals surface area contributed by atoms with Gasteiger partial charge in [0.25, 0.3) is 0 Å². The number of nitro benzene ring substituents is 1. The Labute approximate surface area is 117 Å². The summed E-state index contributed by atoms with van der Waals surface area (Å²) in [7, 11) is -3.83. The first-order valence-corrected chi connectivity index (χ1v) is 7.60. The van der Waals surface area contributed by atoms with Crippen LogP contribution in [0.1, 0.15) is 20.8 Å². The van der Waals surface area contributed by atoms with Gasteiger partial charge in [0.15, 0.2) is 5.75 Å². The van der Waals surface area contributed by atoms with E-state index in [1.807, 2.05) is 20.8 Å². The lowest BCUT2D eigenvalue weighted by atomic mass is 9.99. The summed E-state index contributed by atoms with van der Waals surface area (Å²) in [5, 5.41) is 20.0. The molecule has 0 spiro atoms. The van der Waals surface area contributed by atoms with Crippen LogP contribution in [0.4, 0.5) is 5.69 Å². The summed E-state index contributed by atoms with van der Waals surface area (Å²) >= 11 is 0. The van der Waals surface area contributed by atoms with E-state index in [1.54, 1.807) is 0 Å². The Kier molecular flexibility index (Phi) is 5.07. The minimum absolute atomic E-state index is 0.136. The number of phenols is 1. The third kappa shape index (κ3) is 3.91. The second kappa shape index (κ2) is 6.19. The summed E-state index contributed by atoms with van der Waals surface area (Å²) < 4.78 is 26.5. The molecular formula is C12H18N2O5S. The van der Waals surface area contributed by atoms with Crippen LogP contribution >= 0.6 is 0 Å². The number of hydrogen-bond donors (Lipinski definition) is 2. The topological polar surface area (TPSA) is 110 Å². The predicted octanol–water partition coefficient (Wildman–Crippen LogP) is 1.87. The van der Waals surface area contributed by atoms with E-state index in [0.717, 1.165) is 18.2 Å². The Morgan fingerprint density at radius 3 is 2.45 bits per heavy atom. The summed E-state index contributed by atoms with van der Waals surface area (Å²) in [6.45, 7) is 6.11. The van der Waals surface area contributed by atoms with Crippen LogP contribution < -0.4 is 4.72 Å². The number of hydrogen-bond acceptors (Lipinski definition) is 5. The maximum absolute atomic E-state index is 12.0. The number of sulfonamides is 1. The largest absolute Gasteiger partial charge is 0.502 e. The summed E-state index contributed by atoms with van der Waals surface area (Å²) in [4.78, 5) is 9.62. The van der Waals surface area contributed by atoms with Crippen molar-refractivity contribution in [2.24, 2.45) is 11.8 Å². The Hall–Kier alpha value is -1.67. The number of aromatic hydroxyl groups is 1. The quantitative estimate of drug-likeness (QED) is 0.615. The van der Waals surface area contributed by atoms with E-state index >= 15 is 0 Å². The van der Waals surface area contributed by atoms with Crippen LogP contribution in [-0.2, 0) is 10.0 Å². The molecule has 0 aliphatic rings. The Balaban J connectivity index is 2.99. The lowest BCUT2D eigenvalue weighted by Gasteiger charge is -2.16. The molecule has 1 aromatic rings. The second-order valence-corrected chi connectivity index (χ2v) is 6.75. The molecule has 0 radical (unpaired) electrons. The first-order chi connectivity index (χ1) is 9.15. The fourth-order valence-corrected chi connectivity index (χ4v) is 2.54. The fourth-order valence-electron chi connectivity index (χ4n) is 1.38. The Bertz CT molecular complexity index is 598. The van der Waals surface area contributed by atoms with Crippen molar-refractivity contribution in [3.63, 3.8) is 0 Å². The van der Waals surface area contributed by atoms with Gasteiger partial charge < -0.3 is 5.11 Å². The van der Waals surface area contributed by atoms with Gasteiger partial charge in [-0.05, 0) is 24.0 Å². The second-order valence-electron chi connectivity index (χ2n) is 4.98. The van der Waals surface area contributed by atoms with Crippen LogP contribution in [0.3, 0.4) is 0 Å². The van der Waals surface area contributed by atoms with E-state index in [1.165, 1.54) is 0 Å². The molecule has 1 unspecified atom stereocenters. The van der Waals surface area contributed by atoms with Crippen molar-refractivity contribution < 1.29 is 18.4 Å². The van der Waals surface area contributed by atoms with Crippen LogP contribution in [0.15, 0.2) is 23.1 Å². The van der Waals surface area contributed by atoms with Gasteiger partial charge in [0.05, 0.1) is 9.82 Å². The van der Waals surface area contributed by atoms with Crippen molar-refractivity contribution in [3.05, 3.63) is 28.3 Å². The average Bonchev–Trinajstić information content (AvgIpc) is 2.35. The molecule has 0 fully saturated rings. The molecule has 0 heterocycles. The molecule has 0 saturated heterocycles. The van der Waals surface area contributed by atoms with E-state index < -0.39 is 26.4 Å². The summed E-state index contributed by atoms with van der Waals surface area (Å²) in [5.74, 6) is -0.117. The van der Waals surface area contributed by atoms with Crippen molar-refractivity contribution in [2.45, 2.75) is 25.7 Å². The molecule has 112 valence electrons. The molecule has 0 saturated carbocycles. The van der Waals surface area contributed by atoms with Gasteiger partial charge in [-0.2, -0.15) is 0 Å². The summed E-state index contributed by atoms with van der Waals surface area (Å²) in [6.07, 6.45) is 0. The van der Waals surface area contributed by atoms with Crippen LogP contribution in [0.5, 0.6) is 5.75 Å². The molecule has 1 atom stereocenters. The lowest BCUT2D eigenvalue weighted by Crippen LogP contribution is -2.30. The number of rotatable bonds is 6. The molecule has 1 aromatic carbocycles. The zero-order valence-corrected chi connectivity index (χ0v) is 12.3. The average molecular weight is 302 g/mol. The van der Waals surface area contributed by atoms with Crippen LogP contribution in [0.25, 0.3) is 0 Å². The smallest absolute Gasteiger partial charge is 0.312 e. The van der Waals surface area contributed by atoms with Gasteiger partial charge in [0, 0.05) is 12.6 Å². The first kappa shape index (κ1) is 16.4. The Morgan fingerprint density at radius 2 is 1.95 bits per heavy atom. The number of benzene rings is 1. The highest BCUT2D eigenvalue weighted by Crippen LogP contribution is 2.28. The van der Waals surface area contributed by atoms with E-state index in [2.05, 4.69) is 4.72 Å². The zero-order chi connectivity index (χ0) is 15.5. The molecule has 7 nitrogen and oxygen atoms in total. The third-order valence-electron chi connectivity index (χ3n) is 3.19. The highest BCUT2D eigenvalue weighted by atomic mass is 32.2. The van der Waals surface area contributed by atoms with E-state index in [0.29, 0.717) is 5.92 Å². The highest BCUT2D eigenvalue weighted by Gasteiger charge is 2.21. The van der Waals surface area contributed by atoms with Gasteiger partial charge in [-0.1, -0.05) is 20.8 Å². The normalized spacial score (nSPS) is 13.4. The first-order valence-electron chi connectivity index (χ1n) is 6.12. The van der Waals surface area contributed by atoms with Gasteiger partial charge in [0.2, 0.25) is 10.0 Å². The number of nitrogens with zero attached hydrogens (tertiary/aromatic N) is 1. The molecule has 0 amide bonds. The van der Waals surface area contributed by atoms with Crippen molar-refractivity contribution in [3.8, 4) is 5.75 Å². The SMILES string of the molecule is CC(C)C(C)CNS(=O)(=O)c1ccc(O)c([N+](=O)[O-])c1. The van der Waals surface area contributed by atoms with Crippen molar-refractivity contribution in [2.75, 3.05) is 6.54 Å². The monoisotopic (exact) mass is 302 g/mol. The third-order valence-corrected chi connectivity index (χ3v) is 4.61. The summed E-state index contributed by atoms with van der Waals surface area (Å²) in [6, 6.07) is 2.97. The molecule has 8 heteroatoms.